The van der Waals surface area contributed by atoms with Crippen LogP contribution in [0.25, 0.3) is 0 Å². The number of ether oxygens (including phenoxy) is 3. The van der Waals surface area contributed by atoms with Gasteiger partial charge in [0.05, 0.1) is 25.8 Å². The Bertz CT molecular complexity index is 1070. The van der Waals surface area contributed by atoms with Gasteiger partial charge in [0, 0.05) is 5.70 Å². The lowest BCUT2D eigenvalue weighted by Gasteiger charge is -2.29. The zero-order valence-corrected chi connectivity index (χ0v) is 20.8. The second-order valence-electron chi connectivity index (χ2n) is 9.31. The van der Waals surface area contributed by atoms with E-state index in [9.17, 15) is 9.59 Å². The molecule has 2 aromatic carbocycles. The molecular formula is C27H34N2O5. The van der Waals surface area contributed by atoms with Gasteiger partial charge in [-0.25, -0.2) is 9.59 Å². The van der Waals surface area contributed by atoms with E-state index in [1.807, 2.05) is 13.0 Å². The lowest BCUT2D eigenvalue weighted by molar-refractivity contribution is -0.136. The number of urea groups is 1. The number of esters is 1. The van der Waals surface area contributed by atoms with Crippen molar-refractivity contribution in [2.45, 2.75) is 58.6 Å². The van der Waals surface area contributed by atoms with Gasteiger partial charge in [-0.15, -0.1) is 0 Å². The minimum Gasteiger partial charge on any atom is -0.493 e. The predicted octanol–water partition coefficient (Wildman–Crippen LogP) is 5.15. The Morgan fingerprint density at radius 2 is 1.74 bits per heavy atom. The number of carbonyl (C=O) groups excluding carboxylic acids is 2. The number of carbonyl (C=O) groups is 2. The highest BCUT2D eigenvalue weighted by molar-refractivity contribution is 5.95. The average molecular weight is 467 g/mol. The second-order valence-corrected chi connectivity index (χ2v) is 9.31. The molecule has 0 spiro atoms. The van der Waals surface area contributed by atoms with Crippen molar-refractivity contribution in [3.05, 3.63) is 70.4 Å². The van der Waals surface area contributed by atoms with Crippen LogP contribution in [0.4, 0.5) is 4.79 Å². The summed E-state index contributed by atoms with van der Waals surface area (Å²) in [7, 11) is 2.89. The van der Waals surface area contributed by atoms with Crippen LogP contribution in [-0.2, 0) is 21.6 Å². The zero-order valence-electron chi connectivity index (χ0n) is 20.8. The first kappa shape index (κ1) is 25.1. The van der Waals surface area contributed by atoms with Crippen LogP contribution >= 0.6 is 0 Å². The molecule has 0 bridgehead atoms. The minimum absolute atomic E-state index is 0.0942. The van der Waals surface area contributed by atoms with E-state index < -0.39 is 12.0 Å². The van der Waals surface area contributed by atoms with Crippen molar-refractivity contribution in [3.63, 3.8) is 0 Å². The smallest absolute Gasteiger partial charge is 0.337 e. The van der Waals surface area contributed by atoms with Crippen molar-refractivity contribution in [1.29, 1.82) is 0 Å². The largest absolute Gasteiger partial charge is 0.493 e. The second kappa shape index (κ2) is 10.6. The first-order chi connectivity index (χ1) is 16.2. The highest BCUT2D eigenvalue weighted by Gasteiger charge is 2.33. The summed E-state index contributed by atoms with van der Waals surface area (Å²) in [5, 5.41) is 5.57. The maximum Gasteiger partial charge on any atom is 0.337 e. The van der Waals surface area contributed by atoms with Crippen molar-refractivity contribution < 1.29 is 23.8 Å². The monoisotopic (exact) mass is 466 g/mol. The van der Waals surface area contributed by atoms with E-state index in [4.69, 9.17) is 14.2 Å². The van der Waals surface area contributed by atoms with E-state index in [0.717, 1.165) is 12.0 Å². The number of nitrogens with one attached hydrogen (secondary N) is 2. The van der Waals surface area contributed by atoms with E-state index >= 15 is 0 Å². The van der Waals surface area contributed by atoms with Crippen molar-refractivity contribution in [2.24, 2.45) is 0 Å². The summed E-state index contributed by atoms with van der Waals surface area (Å²) in [6.45, 7) is 8.92. The van der Waals surface area contributed by atoms with Crippen LogP contribution in [0.15, 0.2) is 53.7 Å². The molecule has 2 amide bonds. The van der Waals surface area contributed by atoms with E-state index in [2.05, 4.69) is 55.7 Å². The first-order valence-corrected chi connectivity index (χ1v) is 11.5. The van der Waals surface area contributed by atoms with Gasteiger partial charge in [-0.05, 0) is 40.7 Å². The lowest BCUT2D eigenvalue weighted by atomic mass is 9.87. The maximum absolute atomic E-state index is 12.6. The van der Waals surface area contributed by atoms with Crippen molar-refractivity contribution >= 4 is 12.0 Å². The van der Waals surface area contributed by atoms with E-state index in [-0.39, 0.29) is 11.4 Å². The molecule has 1 atom stereocenters. The highest BCUT2D eigenvalue weighted by Crippen LogP contribution is 2.35. The van der Waals surface area contributed by atoms with Crippen LogP contribution in [0.5, 0.6) is 11.5 Å². The molecule has 1 heterocycles. The predicted molar refractivity (Wildman–Crippen MR) is 131 cm³/mol. The fourth-order valence-corrected chi connectivity index (χ4v) is 3.91. The zero-order chi connectivity index (χ0) is 24.9. The third kappa shape index (κ3) is 5.71. The molecule has 182 valence electrons. The van der Waals surface area contributed by atoms with Crippen molar-refractivity contribution in [2.75, 3.05) is 14.2 Å². The summed E-state index contributed by atoms with van der Waals surface area (Å²) >= 11 is 0. The van der Waals surface area contributed by atoms with Crippen LogP contribution in [0.1, 0.15) is 63.3 Å². The molecule has 1 aliphatic rings. The number of allylic oxidation sites excluding steroid dienone is 1. The van der Waals surface area contributed by atoms with Gasteiger partial charge in [0.15, 0.2) is 11.5 Å². The summed E-state index contributed by atoms with van der Waals surface area (Å²) in [5.74, 6) is 0.598. The summed E-state index contributed by atoms with van der Waals surface area (Å²) < 4.78 is 16.6. The van der Waals surface area contributed by atoms with Gasteiger partial charge in [0.25, 0.3) is 0 Å². The molecule has 2 aromatic rings. The van der Waals surface area contributed by atoms with Crippen LogP contribution < -0.4 is 20.1 Å². The summed E-state index contributed by atoms with van der Waals surface area (Å²) in [4.78, 5) is 24.9. The van der Waals surface area contributed by atoms with Gasteiger partial charge in [-0.1, -0.05) is 64.4 Å². The number of hydrogen-bond acceptors (Lipinski definition) is 5. The van der Waals surface area contributed by atoms with Gasteiger partial charge in [0.2, 0.25) is 0 Å². The quantitative estimate of drug-likeness (QED) is 0.526. The minimum atomic E-state index is -0.657. The summed E-state index contributed by atoms with van der Waals surface area (Å²) in [6, 6.07) is 12.7. The fourth-order valence-electron chi connectivity index (χ4n) is 3.91. The summed E-state index contributed by atoms with van der Waals surface area (Å²) in [6.07, 6.45) is 1.33. The fraction of sp³-hybridized carbons (Fsp3) is 0.407. The van der Waals surface area contributed by atoms with Crippen molar-refractivity contribution in [1.82, 2.24) is 10.6 Å². The van der Waals surface area contributed by atoms with Gasteiger partial charge < -0.3 is 24.8 Å². The standard InChI is InChI=1S/C27H34N2O5/c1-7-8-20-23(25(30)33-6)24(29-26(31)28-20)18-11-14-21(22(15-18)32-5)34-16-17-9-12-19(13-10-17)27(2,3)4/h9-15,24H,7-8,16H2,1-6H3,(H2,28,29,31). The van der Waals surface area contributed by atoms with Crippen LogP contribution in [0, 0.1) is 0 Å². The Morgan fingerprint density at radius 1 is 1.03 bits per heavy atom. The SMILES string of the molecule is CCCC1=C(C(=O)OC)C(c2ccc(OCc3ccc(C(C)(C)C)cc3)c(OC)c2)NC(=O)N1. The topological polar surface area (TPSA) is 85.9 Å². The summed E-state index contributed by atoms with van der Waals surface area (Å²) in [5.41, 5.74) is 4.06. The molecule has 1 aliphatic heterocycles. The molecule has 0 saturated carbocycles. The van der Waals surface area contributed by atoms with Gasteiger partial charge in [-0.2, -0.15) is 0 Å². The Labute approximate surface area is 201 Å². The molecule has 1 unspecified atom stereocenters. The van der Waals surface area contributed by atoms with Crippen LogP contribution in [0.2, 0.25) is 0 Å². The third-order valence-electron chi connectivity index (χ3n) is 5.79. The van der Waals surface area contributed by atoms with Gasteiger partial charge >= 0.3 is 12.0 Å². The molecule has 2 N–H and O–H groups in total. The molecule has 3 rings (SSSR count). The maximum atomic E-state index is 12.6. The molecule has 7 heteroatoms. The molecule has 0 fully saturated rings. The van der Waals surface area contributed by atoms with Crippen molar-refractivity contribution in [3.8, 4) is 11.5 Å². The Kier molecular flexibility index (Phi) is 7.87. The molecule has 0 aromatic heterocycles. The molecule has 7 nitrogen and oxygen atoms in total. The Morgan fingerprint density at radius 3 is 2.32 bits per heavy atom. The van der Waals surface area contributed by atoms with Crippen LogP contribution in [0.3, 0.4) is 0 Å². The highest BCUT2D eigenvalue weighted by atomic mass is 16.5. The van der Waals surface area contributed by atoms with Gasteiger partial charge in [0.1, 0.15) is 6.61 Å². The number of rotatable bonds is 8. The normalized spacial score (nSPS) is 15.9. The van der Waals surface area contributed by atoms with E-state index in [1.54, 1.807) is 19.2 Å². The lowest BCUT2D eigenvalue weighted by Crippen LogP contribution is -2.45. The van der Waals surface area contributed by atoms with Gasteiger partial charge in [-0.3, -0.25) is 0 Å². The number of amides is 2. The number of benzene rings is 2. The number of methoxy groups -OCH3 is 2. The first-order valence-electron chi connectivity index (χ1n) is 11.5. The number of hydrogen-bond donors (Lipinski definition) is 2. The average Bonchev–Trinajstić information content (AvgIpc) is 2.81. The molecule has 34 heavy (non-hydrogen) atoms. The molecule has 0 radical (unpaired) electrons. The van der Waals surface area contributed by atoms with Crippen LogP contribution in [-0.4, -0.2) is 26.2 Å². The van der Waals surface area contributed by atoms with E-state index in [0.29, 0.717) is 41.4 Å². The van der Waals surface area contributed by atoms with E-state index in [1.165, 1.54) is 12.7 Å². The molecular weight excluding hydrogens is 432 g/mol. The Balaban J connectivity index is 1.85. The molecule has 0 aliphatic carbocycles. The molecule has 0 saturated heterocycles. The third-order valence-corrected chi connectivity index (χ3v) is 5.79. The Hall–Kier alpha value is -3.48.